The van der Waals surface area contributed by atoms with Crippen LogP contribution in [0.2, 0.25) is 0 Å². The Morgan fingerprint density at radius 1 is 1.26 bits per heavy atom. The molecule has 19 heavy (non-hydrogen) atoms. The summed E-state index contributed by atoms with van der Waals surface area (Å²) in [5.41, 5.74) is 7.09. The van der Waals surface area contributed by atoms with Crippen LogP contribution in [-0.4, -0.2) is 10.1 Å². The molecule has 102 valence electrons. The number of benzene rings is 1. The highest BCUT2D eigenvalue weighted by atomic mass is 16.5. The molecule has 0 aliphatic carbocycles. The van der Waals surface area contributed by atoms with Gasteiger partial charge < -0.3 is 10.3 Å². The predicted octanol–water partition coefficient (Wildman–Crippen LogP) is 3.00. The molecule has 2 aromatic rings. The third kappa shape index (κ3) is 3.01. The normalized spacial score (nSPS) is 14.6. The van der Waals surface area contributed by atoms with Gasteiger partial charge >= 0.3 is 0 Å². The van der Waals surface area contributed by atoms with Gasteiger partial charge in [0.25, 0.3) is 0 Å². The smallest absolute Gasteiger partial charge is 0.229 e. The summed E-state index contributed by atoms with van der Waals surface area (Å²) in [6.07, 6.45) is 1.47. The molecule has 1 unspecified atom stereocenters. The van der Waals surface area contributed by atoms with E-state index in [0.717, 1.165) is 6.42 Å². The lowest BCUT2D eigenvalue weighted by atomic mass is 9.88. The van der Waals surface area contributed by atoms with Crippen LogP contribution in [0.4, 0.5) is 0 Å². The van der Waals surface area contributed by atoms with Crippen molar-refractivity contribution >= 4 is 0 Å². The molecule has 0 fully saturated rings. The van der Waals surface area contributed by atoms with E-state index in [0.29, 0.717) is 18.1 Å². The van der Waals surface area contributed by atoms with Crippen molar-refractivity contribution in [3.05, 3.63) is 47.6 Å². The molecule has 0 saturated carbocycles. The number of nitrogens with zero attached hydrogens (tertiary/aromatic N) is 2. The first kappa shape index (κ1) is 13.7. The lowest BCUT2D eigenvalue weighted by molar-refractivity contribution is 0.333. The number of hydrogen-bond donors (Lipinski definition) is 1. The van der Waals surface area contributed by atoms with Gasteiger partial charge in [-0.25, -0.2) is 0 Å². The molecule has 1 aromatic carbocycles. The van der Waals surface area contributed by atoms with E-state index in [1.54, 1.807) is 0 Å². The van der Waals surface area contributed by atoms with Crippen molar-refractivity contribution in [2.45, 2.75) is 45.1 Å². The molecular weight excluding hydrogens is 238 g/mol. The van der Waals surface area contributed by atoms with Gasteiger partial charge in [0.1, 0.15) is 0 Å². The van der Waals surface area contributed by atoms with Gasteiger partial charge in [-0.15, -0.1) is 0 Å². The van der Waals surface area contributed by atoms with Crippen LogP contribution in [0.5, 0.6) is 0 Å². The van der Waals surface area contributed by atoms with E-state index < -0.39 is 5.54 Å². The minimum atomic E-state index is -0.571. The number of nitrogens with two attached hydrogens (primary N) is 1. The van der Waals surface area contributed by atoms with Gasteiger partial charge in [0.2, 0.25) is 5.89 Å². The molecule has 1 heterocycles. The molecule has 0 spiro atoms. The minimum Gasteiger partial charge on any atom is -0.339 e. The van der Waals surface area contributed by atoms with E-state index in [1.165, 1.54) is 5.56 Å². The average molecular weight is 259 g/mol. The highest BCUT2D eigenvalue weighted by Gasteiger charge is 2.31. The molecule has 4 nitrogen and oxygen atoms in total. The molecule has 1 aromatic heterocycles. The second-order valence-corrected chi connectivity index (χ2v) is 5.28. The Labute approximate surface area is 114 Å². The van der Waals surface area contributed by atoms with Crippen LogP contribution >= 0.6 is 0 Å². The molecule has 0 aliphatic rings. The highest BCUT2D eigenvalue weighted by Crippen LogP contribution is 2.25. The van der Waals surface area contributed by atoms with Gasteiger partial charge in [-0.2, -0.15) is 4.98 Å². The fraction of sp³-hybridized carbons (Fsp3) is 0.467. The molecule has 2 N–H and O–H groups in total. The molecular formula is C15H21N3O. The van der Waals surface area contributed by atoms with Gasteiger partial charge in [-0.3, -0.25) is 0 Å². The maximum absolute atomic E-state index is 6.48. The van der Waals surface area contributed by atoms with Gasteiger partial charge in [0.05, 0.1) is 5.54 Å². The van der Waals surface area contributed by atoms with E-state index in [4.69, 9.17) is 10.3 Å². The maximum atomic E-state index is 6.48. The van der Waals surface area contributed by atoms with Crippen LogP contribution in [-0.2, 0) is 12.0 Å². The Morgan fingerprint density at radius 2 is 1.95 bits per heavy atom. The quantitative estimate of drug-likeness (QED) is 0.896. The molecule has 2 rings (SSSR count). The van der Waals surface area contributed by atoms with Gasteiger partial charge in [0.15, 0.2) is 5.82 Å². The van der Waals surface area contributed by atoms with Crippen LogP contribution in [0.3, 0.4) is 0 Å². The van der Waals surface area contributed by atoms with Crippen molar-refractivity contribution in [3.8, 4) is 0 Å². The summed E-state index contributed by atoms with van der Waals surface area (Å²) in [6.45, 7) is 6.10. The first-order valence-corrected chi connectivity index (χ1v) is 6.72. The van der Waals surface area contributed by atoms with E-state index in [9.17, 15) is 0 Å². The third-order valence-corrected chi connectivity index (χ3v) is 3.37. The van der Waals surface area contributed by atoms with Crippen LogP contribution < -0.4 is 5.73 Å². The number of aromatic nitrogens is 2. The molecule has 0 radical (unpaired) electrons. The number of hydrogen-bond acceptors (Lipinski definition) is 4. The lowest BCUT2D eigenvalue weighted by Gasteiger charge is -2.24. The Morgan fingerprint density at radius 3 is 2.47 bits per heavy atom. The molecule has 0 bridgehead atoms. The zero-order chi connectivity index (χ0) is 13.9. The van der Waals surface area contributed by atoms with Crippen molar-refractivity contribution in [1.29, 1.82) is 0 Å². The SMILES string of the molecule is CCC(N)(Cc1ccccc1)c1noc(C(C)C)n1. The highest BCUT2D eigenvalue weighted by molar-refractivity contribution is 5.20. The average Bonchev–Trinajstić information content (AvgIpc) is 2.90. The lowest BCUT2D eigenvalue weighted by Crippen LogP contribution is -2.39. The van der Waals surface area contributed by atoms with Crippen molar-refractivity contribution in [2.75, 3.05) is 0 Å². The summed E-state index contributed by atoms with van der Waals surface area (Å²) in [5.74, 6) is 1.47. The Balaban J connectivity index is 2.26. The molecule has 0 amide bonds. The van der Waals surface area contributed by atoms with Crippen molar-refractivity contribution in [2.24, 2.45) is 5.73 Å². The largest absolute Gasteiger partial charge is 0.339 e. The van der Waals surface area contributed by atoms with Crippen LogP contribution in [0.25, 0.3) is 0 Å². The monoisotopic (exact) mass is 259 g/mol. The predicted molar refractivity (Wildman–Crippen MR) is 74.7 cm³/mol. The maximum Gasteiger partial charge on any atom is 0.229 e. The zero-order valence-corrected chi connectivity index (χ0v) is 11.8. The standard InChI is InChI=1S/C15H21N3O/c1-4-15(16,10-12-8-6-5-7-9-12)14-17-13(11(2)3)19-18-14/h5-9,11H,4,10,16H2,1-3H3. The second kappa shape index (κ2) is 5.53. The van der Waals surface area contributed by atoms with Crippen LogP contribution in [0, 0.1) is 0 Å². The summed E-state index contributed by atoms with van der Waals surface area (Å²) in [5, 5.41) is 4.07. The van der Waals surface area contributed by atoms with Crippen molar-refractivity contribution < 1.29 is 4.52 Å². The van der Waals surface area contributed by atoms with Gasteiger partial charge in [-0.1, -0.05) is 56.3 Å². The molecule has 1 atom stereocenters. The summed E-state index contributed by atoms with van der Waals surface area (Å²) in [7, 11) is 0. The first-order valence-electron chi connectivity index (χ1n) is 6.72. The van der Waals surface area contributed by atoms with Gasteiger partial charge in [-0.05, 0) is 18.4 Å². The Hall–Kier alpha value is -1.68. The summed E-state index contributed by atoms with van der Waals surface area (Å²) >= 11 is 0. The zero-order valence-electron chi connectivity index (χ0n) is 11.8. The van der Waals surface area contributed by atoms with Crippen LogP contribution in [0.1, 0.15) is 50.4 Å². The summed E-state index contributed by atoms with van der Waals surface area (Å²) in [6, 6.07) is 10.2. The topological polar surface area (TPSA) is 64.9 Å². The third-order valence-electron chi connectivity index (χ3n) is 3.37. The van der Waals surface area contributed by atoms with E-state index in [-0.39, 0.29) is 5.92 Å². The van der Waals surface area contributed by atoms with Crippen LogP contribution in [0.15, 0.2) is 34.9 Å². The molecule has 4 heteroatoms. The fourth-order valence-corrected chi connectivity index (χ4v) is 1.99. The van der Waals surface area contributed by atoms with E-state index in [2.05, 4.69) is 22.3 Å². The summed E-state index contributed by atoms with van der Waals surface area (Å²) in [4.78, 5) is 4.45. The van der Waals surface area contributed by atoms with Crippen molar-refractivity contribution in [1.82, 2.24) is 10.1 Å². The Bertz CT molecular complexity index is 521. The van der Waals surface area contributed by atoms with Crippen molar-refractivity contribution in [3.63, 3.8) is 0 Å². The minimum absolute atomic E-state index is 0.221. The fourth-order valence-electron chi connectivity index (χ4n) is 1.99. The first-order chi connectivity index (χ1) is 9.05. The number of rotatable bonds is 5. The Kier molecular flexibility index (Phi) is 4.00. The molecule has 0 saturated heterocycles. The van der Waals surface area contributed by atoms with Gasteiger partial charge in [0, 0.05) is 5.92 Å². The molecule has 0 aliphatic heterocycles. The van der Waals surface area contributed by atoms with E-state index in [1.807, 2.05) is 39.0 Å². The summed E-state index contributed by atoms with van der Waals surface area (Å²) < 4.78 is 5.27. The second-order valence-electron chi connectivity index (χ2n) is 5.28. The van der Waals surface area contributed by atoms with E-state index >= 15 is 0 Å².